The van der Waals surface area contributed by atoms with Gasteiger partial charge in [0.15, 0.2) is 0 Å². The molecule has 0 spiro atoms. The molecule has 3 aromatic carbocycles. The van der Waals surface area contributed by atoms with Crippen LogP contribution in [0.2, 0.25) is 0 Å². The number of carbonyl (C=O) groups is 2. The lowest BCUT2D eigenvalue weighted by Crippen LogP contribution is -2.32. The van der Waals surface area contributed by atoms with Gasteiger partial charge in [0.2, 0.25) is 11.8 Å². The number of amides is 2. The van der Waals surface area contributed by atoms with Crippen molar-refractivity contribution in [1.29, 1.82) is 0 Å². The smallest absolute Gasteiger partial charge is 0.246 e. The molecule has 4 rings (SSSR count). The lowest BCUT2D eigenvalue weighted by atomic mass is 10.1. The lowest BCUT2D eigenvalue weighted by Gasteiger charge is -2.20. The van der Waals surface area contributed by atoms with Crippen LogP contribution in [-0.4, -0.2) is 18.4 Å². The van der Waals surface area contributed by atoms with Crippen molar-refractivity contribution in [2.45, 2.75) is 25.4 Å². The molecule has 6 heteroatoms. The molecule has 0 bridgehead atoms. The predicted octanol–water partition coefficient (Wildman–Crippen LogP) is 4.42. The summed E-state index contributed by atoms with van der Waals surface area (Å²) in [5.74, 6) is -0.417. The Morgan fingerprint density at radius 3 is 2.32 bits per heavy atom. The molecule has 1 heterocycles. The number of anilines is 2. The summed E-state index contributed by atoms with van der Waals surface area (Å²) >= 11 is 0. The van der Waals surface area contributed by atoms with E-state index in [1.165, 1.54) is 24.3 Å². The van der Waals surface area contributed by atoms with Gasteiger partial charge in [0.25, 0.3) is 0 Å². The molecule has 0 saturated carbocycles. The summed E-state index contributed by atoms with van der Waals surface area (Å²) in [6.07, 6.45) is 1.50. The zero-order valence-electron chi connectivity index (χ0n) is 17.1. The predicted molar refractivity (Wildman–Crippen MR) is 119 cm³/mol. The fourth-order valence-corrected chi connectivity index (χ4v) is 3.69. The SMILES string of the molecule is O=C(Nc1ccc(F)cc1)[C@@H](NCc1ccc(N2CCCC2=O)cc1)c1ccccc1. The highest BCUT2D eigenvalue weighted by atomic mass is 19.1. The fourth-order valence-electron chi connectivity index (χ4n) is 3.69. The summed E-state index contributed by atoms with van der Waals surface area (Å²) in [4.78, 5) is 26.7. The number of hydrogen-bond acceptors (Lipinski definition) is 3. The van der Waals surface area contributed by atoms with E-state index in [4.69, 9.17) is 0 Å². The summed E-state index contributed by atoms with van der Waals surface area (Å²) < 4.78 is 13.2. The first kappa shape index (κ1) is 20.8. The molecule has 3 aromatic rings. The maximum atomic E-state index is 13.2. The number of hydrogen-bond donors (Lipinski definition) is 2. The minimum absolute atomic E-state index is 0.160. The molecule has 1 saturated heterocycles. The highest BCUT2D eigenvalue weighted by Crippen LogP contribution is 2.22. The van der Waals surface area contributed by atoms with Crippen LogP contribution in [-0.2, 0) is 16.1 Å². The monoisotopic (exact) mass is 417 g/mol. The summed E-state index contributed by atoms with van der Waals surface area (Å²) in [6.45, 7) is 1.24. The molecule has 5 nitrogen and oxygen atoms in total. The van der Waals surface area contributed by atoms with Gasteiger partial charge < -0.3 is 10.2 Å². The van der Waals surface area contributed by atoms with Crippen LogP contribution in [0.4, 0.5) is 15.8 Å². The average Bonchev–Trinajstić information content (AvgIpc) is 3.22. The number of nitrogens with zero attached hydrogens (tertiary/aromatic N) is 1. The fraction of sp³-hybridized carbons (Fsp3) is 0.200. The Labute approximate surface area is 180 Å². The second-order valence-corrected chi connectivity index (χ2v) is 7.54. The topological polar surface area (TPSA) is 61.4 Å². The first-order valence-corrected chi connectivity index (χ1v) is 10.3. The van der Waals surface area contributed by atoms with E-state index >= 15 is 0 Å². The Morgan fingerprint density at radius 1 is 0.968 bits per heavy atom. The van der Waals surface area contributed by atoms with Gasteiger partial charge in [-0.25, -0.2) is 4.39 Å². The van der Waals surface area contributed by atoms with Crippen LogP contribution in [0.3, 0.4) is 0 Å². The third-order valence-corrected chi connectivity index (χ3v) is 5.34. The molecule has 158 valence electrons. The van der Waals surface area contributed by atoms with Crippen LogP contribution in [0.5, 0.6) is 0 Å². The van der Waals surface area contributed by atoms with E-state index < -0.39 is 6.04 Å². The van der Waals surface area contributed by atoms with Gasteiger partial charge in [0.1, 0.15) is 11.9 Å². The molecule has 1 fully saturated rings. The van der Waals surface area contributed by atoms with Gasteiger partial charge in [-0.05, 0) is 53.9 Å². The van der Waals surface area contributed by atoms with Crippen molar-refractivity contribution < 1.29 is 14.0 Å². The normalized spacial score (nSPS) is 14.5. The molecule has 0 radical (unpaired) electrons. The second kappa shape index (κ2) is 9.53. The van der Waals surface area contributed by atoms with Gasteiger partial charge in [0.05, 0.1) is 0 Å². The van der Waals surface area contributed by atoms with Crippen LogP contribution >= 0.6 is 0 Å². The Kier molecular flexibility index (Phi) is 6.38. The minimum atomic E-state index is -0.578. The third kappa shape index (κ3) is 5.16. The standard InChI is InChI=1S/C25H24FN3O2/c26-20-10-12-21(13-11-20)28-25(31)24(19-5-2-1-3-6-19)27-17-18-8-14-22(15-9-18)29-16-4-7-23(29)30/h1-3,5-6,8-15,24,27H,4,7,16-17H2,(H,28,31)/t24-/m0/s1. The number of nitrogens with one attached hydrogen (secondary N) is 2. The quantitative estimate of drug-likeness (QED) is 0.598. The first-order valence-electron chi connectivity index (χ1n) is 10.3. The molecule has 1 aliphatic heterocycles. The zero-order chi connectivity index (χ0) is 21.6. The molecule has 31 heavy (non-hydrogen) atoms. The van der Waals surface area contributed by atoms with E-state index in [-0.39, 0.29) is 17.6 Å². The van der Waals surface area contributed by atoms with Gasteiger partial charge in [-0.1, -0.05) is 42.5 Å². The van der Waals surface area contributed by atoms with Gasteiger partial charge in [-0.2, -0.15) is 0 Å². The summed E-state index contributed by atoms with van der Waals surface area (Å²) in [7, 11) is 0. The molecule has 1 atom stereocenters. The first-order chi connectivity index (χ1) is 15.1. The molecule has 2 N–H and O–H groups in total. The average molecular weight is 417 g/mol. The van der Waals surface area contributed by atoms with Crippen LogP contribution in [0, 0.1) is 5.82 Å². The van der Waals surface area contributed by atoms with E-state index in [0.717, 1.165) is 29.8 Å². The second-order valence-electron chi connectivity index (χ2n) is 7.54. The maximum Gasteiger partial charge on any atom is 0.246 e. The maximum absolute atomic E-state index is 13.2. The Morgan fingerprint density at radius 2 is 1.68 bits per heavy atom. The van der Waals surface area contributed by atoms with Gasteiger partial charge in [0, 0.05) is 30.9 Å². The largest absolute Gasteiger partial charge is 0.324 e. The molecule has 2 amide bonds. The van der Waals surface area contributed by atoms with Crippen molar-refractivity contribution in [3.8, 4) is 0 Å². The highest BCUT2D eigenvalue weighted by molar-refractivity contribution is 5.96. The number of rotatable bonds is 7. The van der Waals surface area contributed by atoms with Crippen molar-refractivity contribution in [3.05, 3.63) is 95.8 Å². The summed E-state index contributed by atoms with van der Waals surface area (Å²) in [6, 6.07) is 22.4. The van der Waals surface area contributed by atoms with Gasteiger partial charge >= 0.3 is 0 Å². The zero-order valence-corrected chi connectivity index (χ0v) is 17.1. The van der Waals surface area contributed by atoms with Crippen LogP contribution in [0.25, 0.3) is 0 Å². The van der Waals surface area contributed by atoms with E-state index in [1.807, 2.05) is 54.6 Å². The molecule has 0 unspecified atom stereocenters. The number of benzene rings is 3. The van der Waals surface area contributed by atoms with E-state index in [0.29, 0.717) is 18.7 Å². The summed E-state index contributed by atoms with van der Waals surface area (Å²) in [5, 5.41) is 6.16. The number of halogens is 1. The molecule has 0 aromatic heterocycles. The van der Waals surface area contributed by atoms with Crippen LogP contribution in [0.15, 0.2) is 78.9 Å². The van der Waals surface area contributed by atoms with E-state index in [9.17, 15) is 14.0 Å². The molecule has 1 aliphatic rings. The van der Waals surface area contributed by atoms with Crippen molar-refractivity contribution >= 4 is 23.2 Å². The Bertz CT molecular complexity index is 1040. The van der Waals surface area contributed by atoms with Crippen LogP contribution < -0.4 is 15.5 Å². The van der Waals surface area contributed by atoms with Crippen molar-refractivity contribution in [2.24, 2.45) is 0 Å². The molecular formula is C25H24FN3O2. The van der Waals surface area contributed by atoms with Gasteiger partial charge in [-0.15, -0.1) is 0 Å². The Balaban J connectivity index is 1.45. The van der Waals surface area contributed by atoms with Crippen molar-refractivity contribution in [3.63, 3.8) is 0 Å². The van der Waals surface area contributed by atoms with E-state index in [2.05, 4.69) is 10.6 Å². The number of carbonyl (C=O) groups excluding carboxylic acids is 2. The Hall–Kier alpha value is -3.51. The highest BCUT2D eigenvalue weighted by Gasteiger charge is 2.22. The minimum Gasteiger partial charge on any atom is -0.324 e. The third-order valence-electron chi connectivity index (χ3n) is 5.34. The lowest BCUT2D eigenvalue weighted by molar-refractivity contribution is -0.118. The van der Waals surface area contributed by atoms with Gasteiger partial charge in [-0.3, -0.25) is 14.9 Å². The van der Waals surface area contributed by atoms with E-state index in [1.54, 1.807) is 4.90 Å². The van der Waals surface area contributed by atoms with Crippen LogP contribution in [0.1, 0.15) is 30.0 Å². The van der Waals surface area contributed by atoms with Crippen molar-refractivity contribution in [2.75, 3.05) is 16.8 Å². The summed E-state index contributed by atoms with van der Waals surface area (Å²) in [5.41, 5.74) is 3.28. The van der Waals surface area contributed by atoms with Crippen molar-refractivity contribution in [1.82, 2.24) is 5.32 Å². The molecule has 0 aliphatic carbocycles. The molecular weight excluding hydrogens is 393 g/mol.